The highest BCUT2D eigenvalue weighted by molar-refractivity contribution is 5.93. The largest absolute Gasteiger partial charge is 0.466 e. The van der Waals surface area contributed by atoms with Crippen LogP contribution in [-0.2, 0) is 23.8 Å². The molecule has 3 atom stereocenters. The number of fused-ring (bicyclic) bond motifs is 1. The minimum absolute atomic E-state index is 0.141. The third kappa shape index (κ3) is 3.69. The minimum atomic E-state index is -0.950. The number of methoxy groups -OCH3 is 1. The fourth-order valence-electron chi connectivity index (χ4n) is 4.18. The monoisotopic (exact) mass is 404 g/mol. The quantitative estimate of drug-likeness (QED) is 0.418. The molecule has 1 fully saturated rings. The van der Waals surface area contributed by atoms with Crippen molar-refractivity contribution in [1.29, 1.82) is 0 Å². The number of rotatable bonds is 5. The summed E-state index contributed by atoms with van der Waals surface area (Å²) in [5, 5.41) is 11.7. The second kappa shape index (κ2) is 8.60. The zero-order valence-corrected chi connectivity index (χ0v) is 16.6. The molecule has 3 rings (SSSR count). The fourth-order valence-corrected chi connectivity index (χ4v) is 4.18. The van der Waals surface area contributed by atoms with Gasteiger partial charge in [0.05, 0.1) is 30.8 Å². The van der Waals surface area contributed by atoms with Crippen molar-refractivity contribution in [3.8, 4) is 0 Å². The van der Waals surface area contributed by atoms with Crippen LogP contribution in [0.25, 0.3) is 0 Å². The molecular weight excluding hydrogens is 380 g/mol. The van der Waals surface area contributed by atoms with Gasteiger partial charge in [-0.25, -0.2) is 4.79 Å². The van der Waals surface area contributed by atoms with E-state index >= 15 is 0 Å². The molecule has 0 aromatic heterocycles. The highest BCUT2D eigenvalue weighted by atomic mass is 16.6. The van der Waals surface area contributed by atoms with Gasteiger partial charge < -0.3 is 19.1 Å². The molecule has 0 aliphatic carbocycles. The SMILES string of the molecule is CCOC(=O)[C@@H]1C2OCCCN2C(C)=C(C(=O)OC)[C@H]1c1ccccc1[N+](=O)[O-]. The van der Waals surface area contributed by atoms with E-state index in [0.29, 0.717) is 18.8 Å². The first kappa shape index (κ1) is 20.8. The molecule has 0 N–H and O–H groups in total. The zero-order chi connectivity index (χ0) is 21.1. The summed E-state index contributed by atoms with van der Waals surface area (Å²) in [4.78, 5) is 38.8. The normalized spacial score (nSPS) is 24.0. The number of carbonyl (C=O) groups is 2. The van der Waals surface area contributed by atoms with E-state index in [1.54, 1.807) is 32.0 Å². The standard InChI is InChI=1S/C20H24N2O7/c1-4-28-20(24)17-16(13-8-5-6-9-14(13)22(25)26)15(19(23)27-3)12(2)21-10-7-11-29-18(17)21/h5-6,8-9,16-18H,4,7,10-11H2,1-3H3/t16-,17+,18?/m1/s1. The highest BCUT2D eigenvalue weighted by Crippen LogP contribution is 2.47. The van der Waals surface area contributed by atoms with Crippen molar-refractivity contribution in [1.82, 2.24) is 4.90 Å². The first-order valence-corrected chi connectivity index (χ1v) is 9.49. The number of esters is 2. The lowest BCUT2D eigenvalue weighted by Crippen LogP contribution is -2.55. The van der Waals surface area contributed by atoms with Gasteiger partial charge in [-0.05, 0) is 20.3 Å². The van der Waals surface area contributed by atoms with E-state index in [2.05, 4.69) is 0 Å². The molecule has 2 aliphatic rings. The van der Waals surface area contributed by atoms with Gasteiger partial charge in [0.1, 0.15) is 12.1 Å². The highest BCUT2D eigenvalue weighted by Gasteiger charge is 2.52. The van der Waals surface area contributed by atoms with Crippen LogP contribution in [0.4, 0.5) is 5.69 Å². The van der Waals surface area contributed by atoms with E-state index < -0.39 is 34.9 Å². The summed E-state index contributed by atoms with van der Waals surface area (Å²) < 4.78 is 16.2. The van der Waals surface area contributed by atoms with Crippen LogP contribution >= 0.6 is 0 Å². The van der Waals surface area contributed by atoms with E-state index in [4.69, 9.17) is 14.2 Å². The van der Waals surface area contributed by atoms with Crippen molar-refractivity contribution in [2.45, 2.75) is 32.4 Å². The summed E-state index contributed by atoms with van der Waals surface area (Å²) in [5.74, 6) is -3.08. The van der Waals surface area contributed by atoms with E-state index in [9.17, 15) is 19.7 Å². The van der Waals surface area contributed by atoms with Crippen LogP contribution in [-0.4, -0.2) is 54.9 Å². The third-order valence-corrected chi connectivity index (χ3v) is 5.37. The number of hydrogen-bond donors (Lipinski definition) is 0. The predicted octanol–water partition coefficient (Wildman–Crippen LogP) is 2.37. The number of allylic oxidation sites excluding steroid dienone is 1. The smallest absolute Gasteiger partial charge is 0.336 e. The maximum atomic E-state index is 13.0. The van der Waals surface area contributed by atoms with Crippen LogP contribution in [0, 0.1) is 16.0 Å². The van der Waals surface area contributed by atoms with Gasteiger partial charge in [-0.3, -0.25) is 14.9 Å². The number of para-hydroxylation sites is 1. The summed E-state index contributed by atoms with van der Waals surface area (Å²) in [6.45, 7) is 4.61. The van der Waals surface area contributed by atoms with Crippen LogP contribution in [0.2, 0.25) is 0 Å². The molecule has 0 bridgehead atoms. The lowest BCUT2D eigenvalue weighted by atomic mass is 9.74. The number of hydrogen-bond acceptors (Lipinski definition) is 8. The Morgan fingerprint density at radius 1 is 1.34 bits per heavy atom. The topological polar surface area (TPSA) is 108 Å². The van der Waals surface area contributed by atoms with Crippen LogP contribution in [0.3, 0.4) is 0 Å². The summed E-state index contributed by atoms with van der Waals surface area (Å²) in [7, 11) is 1.25. The first-order chi connectivity index (χ1) is 13.9. The van der Waals surface area contributed by atoms with Gasteiger partial charge in [0.25, 0.3) is 5.69 Å². The van der Waals surface area contributed by atoms with Crippen LogP contribution in [0.5, 0.6) is 0 Å². The molecule has 2 aliphatic heterocycles. The van der Waals surface area contributed by atoms with Crippen LogP contribution in [0.15, 0.2) is 35.5 Å². The summed E-state index contributed by atoms with van der Waals surface area (Å²) in [6.07, 6.45) is 0.0505. The Balaban J connectivity index is 2.28. The van der Waals surface area contributed by atoms with E-state index in [0.717, 1.165) is 6.42 Å². The van der Waals surface area contributed by atoms with E-state index in [1.807, 2.05) is 4.90 Å². The van der Waals surface area contributed by atoms with Crippen LogP contribution < -0.4 is 0 Å². The number of nitrogens with zero attached hydrogens (tertiary/aromatic N) is 2. The van der Waals surface area contributed by atoms with Gasteiger partial charge >= 0.3 is 11.9 Å². The Kier molecular flexibility index (Phi) is 6.17. The Morgan fingerprint density at radius 2 is 2.07 bits per heavy atom. The number of nitro groups is 1. The molecule has 0 amide bonds. The van der Waals surface area contributed by atoms with Crippen molar-refractivity contribution in [3.63, 3.8) is 0 Å². The van der Waals surface area contributed by atoms with Gasteiger partial charge in [0.15, 0.2) is 0 Å². The molecule has 0 radical (unpaired) electrons. The van der Waals surface area contributed by atoms with Crippen molar-refractivity contribution in [2.24, 2.45) is 5.92 Å². The number of nitro benzene ring substituents is 1. The van der Waals surface area contributed by atoms with Gasteiger partial charge in [-0.1, -0.05) is 18.2 Å². The molecule has 2 heterocycles. The van der Waals surface area contributed by atoms with E-state index in [-0.39, 0.29) is 23.4 Å². The third-order valence-electron chi connectivity index (χ3n) is 5.37. The molecule has 1 saturated heterocycles. The molecule has 9 nitrogen and oxygen atoms in total. The summed E-state index contributed by atoms with van der Waals surface area (Å²) >= 11 is 0. The van der Waals surface area contributed by atoms with Gasteiger partial charge in [-0.15, -0.1) is 0 Å². The second-order valence-electron chi connectivity index (χ2n) is 6.87. The maximum Gasteiger partial charge on any atom is 0.336 e. The minimum Gasteiger partial charge on any atom is -0.466 e. The van der Waals surface area contributed by atoms with Crippen molar-refractivity contribution in [3.05, 3.63) is 51.2 Å². The summed E-state index contributed by atoms with van der Waals surface area (Å²) in [6, 6.07) is 6.10. The molecular formula is C20H24N2O7. The van der Waals surface area contributed by atoms with Gasteiger partial charge in [0, 0.05) is 29.8 Å². The lowest BCUT2D eigenvalue weighted by molar-refractivity contribution is -0.385. The molecule has 1 aromatic rings. The Labute approximate surface area is 168 Å². The Morgan fingerprint density at radius 3 is 2.72 bits per heavy atom. The maximum absolute atomic E-state index is 13.0. The average molecular weight is 404 g/mol. The van der Waals surface area contributed by atoms with Gasteiger partial charge in [-0.2, -0.15) is 0 Å². The number of carbonyl (C=O) groups excluding carboxylic acids is 2. The molecule has 156 valence electrons. The molecule has 1 unspecified atom stereocenters. The second-order valence-corrected chi connectivity index (χ2v) is 6.87. The molecule has 1 aromatic carbocycles. The number of benzene rings is 1. The van der Waals surface area contributed by atoms with E-state index in [1.165, 1.54) is 13.2 Å². The van der Waals surface area contributed by atoms with Crippen LogP contribution in [0.1, 0.15) is 31.7 Å². The molecule has 29 heavy (non-hydrogen) atoms. The number of ether oxygens (including phenoxy) is 3. The zero-order valence-electron chi connectivity index (χ0n) is 16.6. The Bertz CT molecular complexity index is 851. The summed E-state index contributed by atoms with van der Waals surface area (Å²) in [5.41, 5.74) is 0.876. The average Bonchev–Trinajstić information content (AvgIpc) is 2.73. The van der Waals surface area contributed by atoms with Crippen molar-refractivity contribution in [2.75, 3.05) is 26.9 Å². The molecule has 0 saturated carbocycles. The molecule has 0 spiro atoms. The Hall–Kier alpha value is -2.94. The molecule has 9 heteroatoms. The van der Waals surface area contributed by atoms with Gasteiger partial charge in [0.2, 0.25) is 0 Å². The van der Waals surface area contributed by atoms with Crippen molar-refractivity contribution < 1.29 is 28.7 Å². The first-order valence-electron chi connectivity index (χ1n) is 9.49. The lowest BCUT2D eigenvalue weighted by Gasteiger charge is -2.48. The van der Waals surface area contributed by atoms with Crippen molar-refractivity contribution >= 4 is 17.6 Å². The fraction of sp³-hybridized carbons (Fsp3) is 0.500. The predicted molar refractivity (Wildman–Crippen MR) is 102 cm³/mol.